The van der Waals surface area contributed by atoms with Gasteiger partial charge in [-0.2, -0.15) is 12.7 Å². The molecule has 5 nitrogen and oxygen atoms in total. The van der Waals surface area contributed by atoms with Crippen molar-refractivity contribution in [1.82, 2.24) is 4.31 Å². The van der Waals surface area contributed by atoms with Crippen LogP contribution < -0.4 is 10.0 Å². The quantitative estimate of drug-likeness (QED) is 0.812. The summed E-state index contributed by atoms with van der Waals surface area (Å²) in [7, 11) is -3.39. The number of nitrogen functional groups attached to an aromatic ring is 1. The summed E-state index contributed by atoms with van der Waals surface area (Å²) in [5.74, 6) is 0. The molecule has 1 aromatic carbocycles. The van der Waals surface area contributed by atoms with Crippen molar-refractivity contribution in [3.8, 4) is 0 Å². The maximum atomic E-state index is 12.5. The number of para-hydroxylation sites is 1. The van der Waals surface area contributed by atoms with Crippen molar-refractivity contribution in [3.63, 3.8) is 0 Å². The molecule has 2 aliphatic heterocycles. The fourth-order valence-corrected chi connectivity index (χ4v) is 4.51. The minimum Gasteiger partial charge on any atom is -0.397 e. The number of nitrogens with zero attached hydrogens (tertiary/aromatic N) is 2. The first-order valence-electron chi connectivity index (χ1n) is 6.26. The van der Waals surface area contributed by atoms with Gasteiger partial charge in [-0.3, -0.25) is 4.31 Å². The molecule has 0 spiro atoms. The molecule has 1 aromatic rings. The van der Waals surface area contributed by atoms with Crippen molar-refractivity contribution < 1.29 is 8.42 Å². The largest absolute Gasteiger partial charge is 0.397 e. The van der Waals surface area contributed by atoms with Crippen molar-refractivity contribution in [1.29, 1.82) is 0 Å². The molecule has 2 N–H and O–H groups in total. The Hall–Kier alpha value is -1.27. The first kappa shape index (κ1) is 11.8. The van der Waals surface area contributed by atoms with E-state index in [0.717, 1.165) is 24.8 Å². The number of anilines is 2. The number of hydrogen-bond donors (Lipinski definition) is 1. The summed E-state index contributed by atoms with van der Waals surface area (Å²) < 4.78 is 28.1. The highest BCUT2D eigenvalue weighted by Crippen LogP contribution is 2.36. The lowest BCUT2D eigenvalue weighted by Gasteiger charge is -2.26. The molecule has 0 bridgehead atoms. The van der Waals surface area contributed by atoms with Crippen molar-refractivity contribution in [2.45, 2.75) is 19.3 Å². The number of fused-ring (bicyclic) bond motifs is 1. The number of rotatable bonds is 2. The van der Waals surface area contributed by atoms with Crippen LogP contribution in [-0.2, 0) is 16.6 Å². The van der Waals surface area contributed by atoms with Gasteiger partial charge in [0.15, 0.2) is 0 Å². The third-order valence-corrected chi connectivity index (χ3v) is 5.59. The highest BCUT2D eigenvalue weighted by atomic mass is 32.2. The lowest BCUT2D eigenvalue weighted by Crippen LogP contribution is -2.41. The zero-order chi connectivity index (χ0) is 12.8. The fraction of sp³-hybridized carbons (Fsp3) is 0.500. The smallest absolute Gasteiger partial charge is 0.304 e. The molecule has 6 heteroatoms. The van der Waals surface area contributed by atoms with Gasteiger partial charge in [-0.25, -0.2) is 0 Å². The van der Waals surface area contributed by atoms with Gasteiger partial charge in [0.05, 0.1) is 11.4 Å². The Kier molecular flexibility index (Phi) is 2.71. The van der Waals surface area contributed by atoms with E-state index in [0.29, 0.717) is 31.0 Å². The molecule has 0 atom stereocenters. The molecule has 1 fully saturated rings. The van der Waals surface area contributed by atoms with Crippen molar-refractivity contribution in [3.05, 3.63) is 23.8 Å². The number of nitrogens with two attached hydrogens (primary N) is 1. The lowest BCUT2D eigenvalue weighted by atomic mass is 10.1. The molecule has 0 aliphatic carbocycles. The van der Waals surface area contributed by atoms with Crippen LogP contribution in [0.1, 0.15) is 18.4 Å². The highest BCUT2D eigenvalue weighted by molar-refractivity contribution is 7.90. The van der Waals surface area contributed by atoms with Crippen LogP contribution in [0.5, 0.6) is 0 Å². The van der Waals surface area contributed by atoms with Crippen LogP contribution in [0.15, 0.2) is 18.2 Å². The standard InChI is InChI=1S/C12H17N3O2S/c13-11-5-3-4-10-6-9-15(12(10)11)18(16,17)14-7-1-2-8-14/h3-5H,1-2,6-9,13H2. The molecular weight excluding hydrogens is 250 g/mol. The summed E-state index contributed by atoms with van der Waals surface area (Å²) in [5, 5.41) is 0. The Labute approximate surface area is 107 Å². The summed E-state index contributed by atoms with van der Waals surface area (Å²) in [6.07, 6.45) is 2.64. The molecule has 2 heterocycles. The Bertz CT molecular complexity index is 565. The Balaban J connectivity index is 2.01. The molecule has 0 saturated carbocycles. The van der Waals surface area contributed by atoms with Gasteiger partial charge >= 0.3 is 10.2 Å². The molecule has 2 aliphatic rings. The summed E-state index contributed by atoms with van der Waals surface area (Å²) in [6.45, 7) is 1.75. The van der Waals surface area contributed by atoms with Gasteiger partial charge in [0.1, 0.15) is 0 Å². The highest BCUT2D eigenvalue weighted by Gasteiger charge is 2.36. The Morgan fingerprint density at radius 1 is 1.11 bits per heavy atom. The minimum atomic E-state index is -3.39. The fourth-order valence-electron chi connectivity index (χ4n) is 2.74. The van der Waals surface area contributed by atoms with Gasteiger partial charge in [-0.05, 0) is 30.9 Å². The number of hydrogen-bond acceptors (Lipinski definition) is 3. The van der Waals surface area contributed by atoms with Crippen LogP contribution >= 0.6 is 0 Å². The van der Waals surface area contributed by atoms with Crippen LogP contribution in [0.4, 0.5) is 11.4 Å². The van der Waals surface area contributed by atoms with E-state index in [1.54, 1.807) is 10.4 Å². The normalized spacial score (nSPS) is 20.3. The summed E-state index contributed by atoms with van der Waals surface area (Å²) in [4.78, 5) is 0. The second-order valence-corrected chi connectivity index (χ2v) is 6.64. The van der Waals surface area contributed by atoms with E-state index >= 15 is 0 Å². The molecule has 98 valence electrons. The first-order chi connectivity index (χ1) is 8.60. The molecule has 0 unspecified atom stereocenters. The Morgan fingerprint density at radius 2 is 1.83 bits per heavy atom. The van der Waals surface area contributed by atoms with Crippen molar-refractivity contribution in [2.24, 2.45) is 0 Å². The molecule has 18 heavy (non-hydrogen) atoms. The minimum absolute atomic E-state index is 0.502. The molecule has 3 rings (SSSR count). The third kappa shape index (κ3) is 1.67. The van der Waals surface area contributed by atoms with Crippen molar-refractivity contribution >= 4 is 21.6 Å². The van der Waals surface area contributed by atoms with Crippen LogP contribution in [0.25, 0.3) is 0 Å². The van der Waals surface area contributed by atoms with Crippen LogP contribution in [0, 0.1) is 0 Å². The molecule has 0 amide bonds. The zero-order valence-corrected chi connectivity index (χ0v) is 11.0. The summed E-state index contributed by atoms with van der Waals surface area (Å²) in [6, 6.07) is 5.59. The van der Waals surface area contributed by atoms with E-state index in [1.807, 2.05) is 12.1 Å². The van der Waals surface area contributed by atoms with E-state index in [-0.39, 0.29) is 0 Å². The zero-order valence-electron chi connectivity index (χ0n) is 10.2. The second-order valence-electron chi connectivity index (χ2n) is 4.79. The predicted molar refractivity (Wildman–Crippen MR) is 71.6 cm³/mol. The van der Waals surface area contributed by atoms with E-state index in [9.17, 15) is 8.42 Å². The summed E-state index contributed by atoms with van der Waals surface area (Å²) >= 11 is 0. The van der Waals surface area contributed by atoms with Gasteiger partial charge in [0.25, 0.3) is 0 Å². The monoisotopic (exact) mass is 267 g/mol. The topological polar surface area (TPSA) is 66.6 Å². The van der Waals surface area contributed by atoms with E-state index in [2.05, 4.69) is 0 Å². The van der Waals surface area contributed by atoms with Crippen LogP contribution in [0.2, 0.25) is 0 Å². The molecular formula is C12H17N3O2S. The number of benzene rings is 1. The van der Waals surface area contributed by atoms with Crippen LogP contribution in [0.3, 0.4) is 0 Å². The van der Waals surface area contributed by atoms with Crippen molar-refractivity contribution in [2.75, 3.05) is 29.7 Å². The van der Waals surface area contributed by atoms with Gasteiger partial charge in [-0.1, -0.05) is 12.1 Å². The van der Waals surface area contributed by atoms with Gasteiger partial charge in [0, 0.05) is 19.6 Å². The SMILES string of the molecule is Nc1cccc2c1N(S(=O)(=O)N1CCCC1)CC2. The molecule has 0 aromatic heterocycles. The molecule has 1 saturated heterocycles. The van der Waals surface area contributed by atoms with E-state index in [4.69, 9.17) is 5.73 Å². The lowest BCUT2D eigenvalue weighted by molar-refractivity contribution is 0.474. The maximum Gasteiger partial charge on any atom is 0.304 e. The van der Waals surface area contributed by atoms with Gasteiger partial charge in [0.2, 0.25) is 0 Å². The third-order valence-electron chi connectivity index (χ3n) is 3.65. The Morgan fingerprint density at radius 3 is 2.56 bits per heavy atom. The van der Waals surface area contributed by atoms with E-state index in [1.165, 1.54) is 4.31 Å². The molecule has 0 radical (unpaired) electrons. The first-order valence-corrected chi connectivity index (χ1v) is 7.65. The van der Waals surface area contributed by atoms with Gasteiger partial charge < -0.3 is 5.73 Å². The van der Waals surface area contributed by atoms with Crippen LogP contribution in [-0.4, -0.2) is 32.4 Å². The average molecular weight is 267 g/mol. The summed E-state index contributed by atoms with van der Waals surface area (Å²) in [5.41, 5.74) is 8.19. The van der Waals surface area contributed by atoms with E-state index < -0.39 is 10.2 Å². The van der Waals surface area contributed by atoms with Gasteiger partial charge in [-0.15, -0.1) is 0 Å². The average Bonchev–Trinajstić information content (AvgIpc) is 2.99. The second kappa shape index (κ2) is 4.13. The predicted octanol–water partition coefficient (Wildman–Crippen LogP) is 0.972. The maximum absolute atomic E-state index is 12.5.